The third-order valence-corrected chi connectivity index (χ3v) is 5.66. The molecule has 0 aliphatic carbocycles. The van der Waals surface area contributed by atoms with Gasteiger partial charge in [0.2, 0.25) is 15.9 Å². The van der Waals surface area contributed by atoms with Crippen molar-refractivity contribution in [1.82, 2.24) is 9.62 Å². The van der Waals surface area contributed by atoms with Gasteiger partial charge in [-0.05, 0) is 30.2 Å². The van der Waals surface area contributed by atoms with Crippen LogP contribution in [0.1, 0.15) is 25.3 Å². The number of ether oxygens (including phenoxy) is 1. The summed E-state index contributed by atoms with van der Waals surface area (Å²) in [7, 11) is -3.48. The number of carbonyl (C=O) groups is 1. The molecule has 1 fully saturated rings. The largest absolute Gasteiger partial charge is 0.379 e. The van der Waals surface area contributed by atoms with E-state index in [4.69, 9.17) is 4.74 Å². The highest BCUT2D eigenvalue weighted by Crippen LogP contribution is 2.18. The summed E-state index contributed by atoms with van der Waals surface area (Å²) in [4.78, 5) is 11.9. The van der Waals surface area contributed by atoms with Crippen LogP contribution in [0.15, 0.2) is 35.2 Å². The molecule has 0 spiro atoms. The summed E-state index contributed by atoms with van der Waals surface area (Å²) >= 11 is 0. The lowest BCUT2D eigenvalue weighted by molar-refractivity contribution is -0.116. The quantitative estimate of drug-likeness (QED) is 0.598. The molecule has 0 atom stereocenters. The van der Waals surface area contributed by atoms with E-state index in [9.17, 15) is 13.2 Å². The fourth-order valence-electron chi connectivity index (χ4n) is 2.31. The molecular formula is C17H24N2O4S. The number of amides is 1. The van der Waals surface area contributed by atoms with Gasteiger partial charge in [0.25, 0.3) is 0 Å². The molecule has 1 aromatic rings. The molecule has 1 amide bonds. The molecule has 1 aliphatic rings. The highest BCUT2D eigenvalue weighted by molar-refractivity contribution is 7.89. The van der Waals surface area contributed by atoms with Gasteiger partial charge in [0, 0.05) is 25.7 Å². The molecule has 24 heavy (non-hydrogen) atoms. The molecule has 1 aliphatic heterocycles. The van der Waals surface area contributed by atoms with Crippen molar-refractivity contribution in [3.05, 3.63) is 35.9 Å². The second kappa shape index (κ2) is 8.96. The summed E-state index contributed by atoms with van der Waals surface area (Å²) in [5, 5.41) is 2.79. The first-order valence-corrected chi connectivity index (χ1v) is 9.62. The van der Waals surface area contributed by atoms with E-state index in [2.05, 4.69) is 12.2 Å². The predicted molar refractivity (Wildman–Crippen MR) is 93.0 cm³/mol. The van der Waals surface area contributed by atoms with Crippen LogP contribution >= 0.6 is 0 Å². The number of nitrogens with zero attached hydrogens (tertiary/aromatic N) is 1. The normalized spacial score (nSPS) is 16.4. The first kappa shape index (κ1) is 18.6. The number of carbonyl (C=O) groups excluding carboxylic acids is 1. The summed E-state index contributed by atoms with van der Waals surface area (Å²) in [5.74, 6) is -0.145. The van der Waals surface area contributed by atoms with Crippen LogP contribution in [0.25, 0.3) is 6.08 Å². The minimum absolute atomic E-state index is 0.145. The second-order valence-corrected chi connectivity index (χ2v) is 7.50. The van der Waals surface area contributed by atoms with Crippen molar-refractivity contribution in [2.45, 2.75) is 24.7 Å². The molecule has 132 valence electrons. The lowest BCUT2D eigenvalue weighted by Crippen LogP contribution is -2.40. The Balaban J connectivity index is 1.98. The molecule has 0 bridgehead atoms. The zero-order chi connectivity index (χ0) is 17.4. The number of nitrogens with one attached hydrogen (secondary N) is 1. The molecule has 7 heteroatoms. The Morgan fingerprint density at radius 1 is 1.25 bits per heavy atom. The van der Waals surface area contributed by atoms with Crippen molar-refractivity contribution in [3.8, 4) is 0 Å². The average Bonchev–Trinajstić information content (AvgIpc) is 2.61. The Morgan fingerprint density at radius 2 is 1.92 bits per heavy atom. The van der Waals surface area contributed by atoms with Gasteiger partial charge < -0.3 is 10.1 Å². The van der Waals surface area contributed by atoms with Crippen molar-refractivity contribution >= 4 is 22.0 Å². The molecule has 1 aromatic carbocycles. The molecule has 2 rings (SSSR count). The van der Waals surface area contributed by atoms with Gasteiger partial charge in [-0.25, -0.2) is 8.42 Å². The highest BCUT2D eigenvalue weighted by Gasteiger charge is 2.25. The molecule has 1 heterocycles. The Morgan fingerprint density at radius 3 is 2.54 bits per heavy atom. The first-order valence-electron chi connectivity index (χ1n) is 8.18. The van der Waals surface area contributed by atoms with Gasteiger partial charge in [-0.2, -0.15) is 4.31 Å². The van der Waals surface area contributed by atoms with E-state index in [0.29, 0.717) is 32.8 Å². The molecule has 0 aromatic heterocycles. The van der Waals surface area contributed by atoms with Crippen LogP contribution in [-0.2, 0) is 19.6 Å². The number of sulfonamides is 1. The van der Waals surface area contributed by atoms with E-state index in [1.807, 2.05) is 0 Å². The van der Waals surface area contributed by atoms with E-state index in [-0.39, 0.29) is 10.8 Å². The highest BCUT2D eigenvalue weighted by atomic mass is 32.2. The van der Waals surface area contributed by atoms with Crippen LogP contribution in [0.3, 0.4) is 0 Å². The summed E-state index contributed by atoms with van der Waals surface area (Å²) in [5.41, 5.74) is 0.779. The summed E-state index contributed by atoms with van der Waals surface area (Å²) in [6.45, 7) is 4.33. The number of benzene rings is 1. The van der Waals surface area contributed by atoms with E-state index in [1.54, 1.807) is 30.3 Å². The van der Waals surface area contributed by atoms with E-state index < -0.39 is 10.0 Å². The second-order valence-electron chi connectivity index (χ2n) is 5.56. The number of morpholine rings is 1. The third-order valence-electron chi connectivity index (χ3n) is 3.74. The lowest BCUT2D eigenvalue weighted by Gasteiger charge is -2.26. The first-order chi connectivity index (χ1) is 11.5. The maximum absolute atomic E-state index is 12.5. The maximum atomic E-state index is 12.5. The summed E-state index contributed by atoms with van der Waals surface area (Å²) in [6.07, 6.45) is 5.12. The van der Waals surface area contributed by atoms with Crippen LogP contribution in [0.5, 0.6) is 0 Å². The van der Waals surface area contributed by atoms with Crippen molar-refractivity contribution in [1.29, 1.82) is 0 Å². The number of rotatable bonds is 7. The standard InChI is InChI=1S/C17H24N2O4S/c1-2-3-10-18-17(20)9-6-15-4-7-16(8-5-15)24(21,22)19-11-13-23-14-12-19/h4-9H,2-3,10-14H2,1H3,(H,18,20). The molecule has 0 saturated carbocycles. The van der Waals surface area contributed by atoms with Crippen LogP contribution in [-0.4, -0.2) is 51.5 Å². The average molecular weight is 352 g/mol. The Kier molecular flexibility index (Phi) is 6.96. The maximum Gasteiger partial charge on any atom is 0.243 e. The van der Waals surface area contributed by atoms with Crippen molar-refractivity contribution in [2.75, 3.05) is 32.8 Å². The van der Waals surface area contributed by atoms with Gasteiger partial charge in [-0.1, -0.05) is 25.5 Å². The Labute approximate surface area is 143 Å². The zero-order valence-electron chi connectivity index (χ0n) is 13.9. The van der Waals surface area contributed by atoms with Gasteiger partial charge in [0.1, 0.15) is 0 Å². The fraction of sp³-hybridized carbons (Fsp3) is 0.471. The van der Waals surface area contributed by atoms with Crippen LogP contribution in [0.2, 0.25) is 0 Å². The van der Waals surface area contributed by atoms with Gasteiger partial charge >= 0.3 is 0 Å². The summed E-state index contributed by atoms with van der Waals surface area (Å²) in [6, 6.07) is 6.53. The molecule has 1 saturated heterocycles. The molecular weight excluding hydrogens is 328 g/mol. The number of hydrogen-bond donors (Lipinski definition) is 1. The monoisotopic (exact) mass is 352 g/mol. The minimum atomic E-state index is -3.48. The summed E-state index contributed by atoms with van der Waals surface area (Å²) < 4.78 is 31.6. The molecule has 1 N–H and O–H groups in total. The topological polar surface area (TPSA) is 75.7 Å². The van der Waals surface area contributed by atoms with Crippen LogP contribution in [0, 0.1) is 0 Å². The van der Waals surface area contributed by atoms with Crippen molar-refractivity contribution < 1.29 is 17.9 Å². The van der Waals surface area contributed by atoms with E-state index >= 15 is 0 Å². The van der Waals surface area contributed by atoms with Gasteiger partial charge in [-0.3, -0.25) is 4.79 Å². The fourth-order valence-corrected chi connectivity index (χ4v) is 3.71. The van der Waals surface area contributed by atoms with Gasteiger partial charge in [0.15, 0.2) is 0 Å². The zero-order valence-corrected chi connectivity index (χ0v) is 14.7. The Bertz CT molecular complexity index is 662. The molecule has 0 unspecified atom stereocenters. The van der Waals surface area contributed by atoms with Crippen molar-refractivity contribution in [3.63, 3.8) is 0 Å². The number of hydrogen-bond acceptors (Lipinski definition) is 4. The third kappa shape index (κ3) is 5.15. The molecule has 6 nitrogen and oxygen atoms in total. The van der Waals surface area contributed by atoms with Gasteiger partial charge in [-0.15, -0.1) is 0 Å². The van der Waals surface area contributed by atoms with Crippen LogP contribution in [0.4, 0.5) is 0 Å². The smallest absolute Gasteiger partial charge is 0.243 e. The van der Waals surface area contributed by atoms with Gasteiger partial charge in [0.05, 0.1) is 18.1 Å². The number of unbranched alkanes of at least 4 members (excludes halogenated alkanes) is 1. The SMILES string of the molecule is CCCCNC(=O)C=Cc1ccc(S(=O)(=O)N2CCOCC2)cc1. The van der Waals surface area contributed by atoms with Crippen LogP contribution < -0.4 is 5.32 Å². The predicted octanol–water partition coefficient (Wildman–Crippen LogP) is 1.64. The van der Waals surface area contributed by atoms with Crippen molar-refractivity contribution in [2.24, 2.45) is 0 Å². The lowest BCUT2D eigenvalue weighted by atomic mass is 10.2. The Hall–Kier alpha value is -1.70. The minimum Gasteiger partial charge on any atom is -0.379 e. The van der Waals surface area contributed by atoms with E-state index in [1.165, 1.54) is 10.4 Å². The van der Waals surface area contributed by atoms with E-state index in [0.717, 1.165) is 18.4 Å². The molecule has 0 radical (unpaired) electrons.